The molecule has 1 aliphatic carbocycles. The Hall–Kier alpha value is -1.86. The first-order valence-corrected chi connectivity index (χ1v) is 10.2. The number of likely N-dealkylation sites (tertiary alicyclic amines) is 1. The minimum atomic E-state index is 0.0662. The van der Waals surface area contributed by atoms with Crippen LogP contribution in [-0.4, -0.2) is 56.9 Å². The second kappa shape index (κ2) is 7.28. The molecule has 1 unspecified atom stereocenters. The van der Waals surface area contributed by atoms with E-state index in [-0.39, 0.29) is 5.60 Å². The molecule has 1 saturated carbocycles. The maximum atomic E-state index is 6.31. The van der Waals surface area contributed by atoms with E-state index in [2.05, 4.69) is 25.0 Å². The van der Waals surface area contributed by atoms with Gasteiger partial charge in [0.05, 0.1) is 11.8 Å². The number of hydrogen-bond donors (Lipinski definition) is 0. The average Bonchev–Trinajstić information content (AvgIpc) is 3.40. The fourth-order valence-electron chi connectivity index (χ4n) is 4.56. The van der Waals surface area contributed by atoms with Crippen molar-refractivity contribution < 1.29 is 9.26 Å². The van der Waals surface area contributed by atoms with Gasteiger partial charge in [0.15, 0.2) is 0 Å². The molecule has 2 aromatic heterocycles. The number of piperidine rings is 1. The summed E-state index contributed by atoms with van der Waals surface area (Å²) in [5.41, 5.74) is 0.718. The van der Waals surface area contributed by atoms with E-state index in [1.807, 2.05) is 0 Å². The van der Waals surface area contributed by atoms with Gasteiger partial charge in [0.25, 0.3) is 0 Å². The van der Waals surface area contributed by atoms with Crippen LogP contribution in [0, 0.1) is 11.8 Å². The quantitative estimate of drug-likeness (QED) is 0.802. The molecule has 0 bridgehead atoms. The number of hydrogen-bond acceptors (Lipinski definition) is 7. The Labute approximate surface area is 159 Å². The Morgan fingerprint density at radius 3 is 2.78 bits per heavy atom. The third-order valence-electron chi connectivity index (χ3n) is 6.30. The summed E-state index contributed by atoms with van der Waals surface area (Å²) >= 11 is 0. The molecule has 2 aromatic rings. The van der Waals surface area contributed by atoms with Crippen LogP contribution in [0.2, 0.25) is 0 Å². The highest BCUT2D eigenvalue weighted by atomic mass is 16.5. The lowest BCUT2D eigenvalue weighted by atomic mass is 9.78. The maximum Gasteiger partial charge on any atom is 0.227 e. The monoisotopic (exact) mass is 369 g/mol. The van der Waals surface area contributed by atoms with Crippen LogP contribution in [0.5, 0.6) is 0 Å². The van der Waals surface area contributed by atoms with Gasteiger partial charge in [-0.1, -0.05) is 5.16 Å². The van der Waals surface area contributed by atoms with Gasteiger partial charge < -0.3 is 14.2 Å². The van der Waals surface area contributed by atoms with Gasteiger partial charge in [0, 0.05) is 45.1 Å². The number of aromatic nitrogens is 4. The third kappa shape index (κ3) is 4.04. The van der Waals surface area contributed by atoms with Crippen LogP contribution in [0.15, 0.2) is 23.1 Å². The summed E-state index contributed by atoms with van der Waals surface area (Å²) in [6, 6.07) is 0. The summed E-state index contributed by atoms with van der Waals surface area (Å²) < 4.78 is 11.8. The molecular formula is C20H27N5O2. The largest absolute Gasteiger partial charge is 0.375 e. The fourth-order valence-corrected chi connectivity index (χ4v) is 4.56. The number of nitrogens with zero attached hydrogens (tertiary/aromatic N) is 5. The zero-order chi connectivity index (χ0) is 18.1. The van der Waals surface area contributed by atoms with Gasteiger partial charge in [-0.25, -0.2) is 4.98 Å². The summed E-state index contributed by atoms with van der Waals surface area (Å²) in [6.45, 7) is 4.51. The van der Waals surface area contributed by atoms with E-state index in [1.165, 1.54) is 32.5 Å². The van der Waals surface area contributed by atoms with Crippen molar-refractivity contribution >= 4 is 0 Å². The van der Waals surface area contributed by atoms with Gasteiger partial charge in [-0.2, -0.15) is 4.98 Å². The summed E-state index contributed by atoms with van der Waals surface area (Å²) in [7, 11) is 0. The van der Waals surface area contributed by atoms with E-state index in [9.17, 15) is 0 Å². The fraction of sp³-hybridized carbons (Fsp3) is 0.700. The Bertz CT molecular complexity index is 753. The second-order valence-corrected chi connectivity index (χ2v) is 8.44. The van der Waals surface area contributed by atoms with Crippen molar-refractivity contribution in [3.63, 3.8) is 0 Å². The molecule has 0 amide bonds. The van der Waals surface area contributed by atoms with Crippen molar-refractivity contribution in [2.24, 2.45) is 11.8 Å². The molecule has 2 aliphatic heterocycles. The summed E-state index contributed by atoms with van der Waals surface area (Å²) in [5.74, 6) is 2.74. The molecule has 0 N–H and O–H groups in total. The normalized spacial score (nSPS) is 25.7. The highest BCUT2D eigenvalue weighted by Gasteiger charge is 2.41. The van der Waals surface area contributed by atoms with Crippen LogP contribution >= 0.6 is 0 Å². The lowest BCUT2D eigenvalue weighted by molar-refractivity contribution is -0.127. The van der Waals surface area contributed by atoms with E-state index in [0.717, 1.165) is 44.6 Å². The highest BCUT2D eigenvalue weighted by molar-refractivity contribution is 5.45. The molecule has 0 aromatic carbocycles. The maximum absolute atomic E-state index is 6.31. The molecule has 27 heavy (non-hydrogen) atoms. The molecule has 7 heteroatoms. The van der Waals surface area contributed by atoms with E-state index in [1.54, 1.807) is 18.6 Å². The van der Waals surface area contributed by atoms with Crippen LogP contribution in [0.3, 0.4) is 0 Å². The smallest absolute Gasteiger partial charge is 0.227 e. The van der Waals surface area contributed by atoms with Crippen molar-refractivity contribution in [1.82, 2.24) is 25.0 Å². The van der Waals surface area contributed by atoms with Gasteiger partial charge in [0.2, 0.25) is 11.7 Å². The predicted octanol–water partition coefficient (Wildman–Crippen LogP) is 2.74. The molecule has 144 valence electrons. The van der Waals surface area contributed by atoms with Gasteiger partial charge in [-0.3, -0.25) is 4.98 Å². The Balaban J connectivity index is 1.19. The topological polar surface area (TPSA) is 77.2 Å². The average molecular weight is 369 g/mol. The zero-order valence-corrected chi connectivity index (χ0v) is 15.7. The minimum absolute atomic E-state index is 0.0662. The van der Waals surface area contributed by atoms with Crippen molar-refractivity contribution in [2.75, 3.05) is 26.2 Å². The van der Waals surface area contributed by atoms with E-state index in [4.69, 9.17) is 9.26 Å². The molecular weight excluding hydrogens is 342 g/mol. The Kier molecular flexibility index (Phi) is 4.65. The number of ether oxygens (including phenoxy) is 1. The van der Waals surface area contributed by atoms with E-state index >= 15 is 0 Å². The molecule has 3 fully saturated rings. The predicted molar refractivity (Wildman–Crippen MR) is 98.8 cm³/mol. The van der Waals surface area contributed by atoms with Crippen LogP contribution in [0.25, 0.3) is 11.5 Å². The molecule has 7 nitrogen and oxygen atoms in total. The zero-order valence-electron chi connectivity index (χ0n) is 15.7. The first kappa shape index (κ1) is 17.3. The SMILES string of the molecule is c1cnc(-c2noc(CC3CCOC4(CCN(CC5CC5)CC4)C3)n2)cn1. The molecule has 1 spiro atoms. The van der Waals surface area contributed by atoms with Gasteiger partial charge in [0.1, 0.15) is 5.69 Å². The van der Waals surface area contributed by atoms with Crippen molar-refractivity contribution in [3.8, 4) is 11.5 Å². The first-order valence-electron chi connectivity index (χ1n) is 10.2. The second-order valence-electron chi connectivity index (χ2n) is 8.44. The molecule has 5 rings (SSSR count). The summed E-state index contributed by atoms with van der Waals surface area (Å²) in [6.07, 6.45) is 13.1. The van der Waals surface area contributed by atoms with E-state index < -0.39 is 0 Å². The molecule has 4 heterocycles. The molecule has 0 radical (unpaired) electrons. The van der Waals surface area contributed by atoms with Gasteiger partial charge in [-0.05, 0) is 50.4 Å². The van der Waals surface area contributed by atoms with Crippen LogP contribution in [0.4, 0.5) is 0 Å². The first-order chi connectivity index (χ1) is 13.3. The lowest BCUT2D eigenvalue weighted by Gasteiger charge is -2.46. The molecule has 1 atom stereocenters. The molecule has 2 saturated heterocycles. The summed E-state index contributed by atoms with van der Waals surface area (Å²) in [4.78, 5) is 15.5. The standard InChI is InChI=1S/C20H27N5O2/c1-2-15(1)14-25-8-4-20(5-9-25)12-16(3-10-26-20)11-18-23-19(24-27-18)17-13-21-6-7-22-17/h6-7,13,15-16H,1-5,8-12,14H2. The van der Waals surface area contributed by atoms with Crippen molar-refractivity contribution in [1.29, 1.82) is 0 Å². The third-order valence-corrected chi connectivity index (χ3v) is 6.30. The van der Waals surface area contributed by atoms with Crippen LogP contribution in [-0.2, 0) is 11.2 Å². The number of rotatable bonds is 5. The van der Waals surface area contributed by atoms with Crippen molar-refractivity contribution in [3.05, 3.63) is 24.5 Å². The van der Waals surface area contributed by atoms with Gasteiger partial charge in [-0.15, -0.1) is 0 Å². The molecule has 3 aliphatic rings. The summed E-state index contributed by atoms with van der Waals surface area (Å²) in [5, 5.41) is 4.07. The van der Waals surface area contributed by atoms with Crippen LogP contribution < -0.4 is 0 Å². The van der Waals surface area contributed by atoms with Gasteiger partial charge >= 0.3 is 0 Å². The highest BCUT2D eigenvalue weighted by Crippen LogP contribution is 2.40. The van der Waals surface area contributed by atoms with E-state index in [0.29, 0.717) is 23.3 Å². The van der Waals surface area contributed by atoms with Crippen molar-refractivity contribution in [2.45, 2.75) is 50.5 Å². The lowest BCUT2D eigenvalue weighted by Crippen LogP contribution is -2.49. The Morgan fingerprint density at radius 1 is 1.11 bits per heavy atom. The van der Waals surface area contributed by atoms with Crippen LogP contribution in [0.1, 0.15) is 44.4 Å². The minimum Gasteiger partial charge on any atom is -0.375 e. The Morgan fingerprint density at radius 2 is 2.00 bits per heavy atom.